The lowest BCUT2D eigenvalue weighted by molar-refractivity contribution is 0.166. The molecule has 0 radical (unpaired) electrons. The summed E-state index contributed by atoms with van der Waals surface area (Å²) < 4.78 is 0. The Morgan fingerprint density at radius 1 is 1.21 bits per heavy atom. The molecule has 0 aromatic rings. The number of hydrogen-bond donors (Lipinski definition) is 2. The molecule has 1 rings (SSSR count). The first-order chi connectivity index (χ1) is 9.15. The molecule has 1 fully saturated rings. The van der Waals surface area contributed by atoms with E-state index in [9.17, 15) is 0 Å². The van der Waals surface area contributed by atoms with Gasteiger partial charge in [-0.1, -0.05) is 33.6 Å². The van der Waals surface area contributed by atoms with Crippen LogP contribution in [0, 0.1) is 5.92 Å². The van der Waals surface area contributed by atoms with Crippen molar-refractivity contribution in [1.82, 2.24) is 10.2 Å². The highest BCUT2D eigenvalue weighted by Crippen LogP contribution is 2.17. The van der Waals surface area contributed by atoms with E-state index in [1.165, 1.54) is 38.8 Å². The Morgan fingerprint density at radius 2 is 1.84 bits per heavy atom. The third kappa shape index (κ3) is 6.28. The third-order valence-corrected chi connectivity index (χ3v) is 3.88. The molecule has 1 saturated heterocycles. The number of nitrogens with zero attached hydrogens (tertiary/aromatic N) is 2. The van der Waals surface area contributed by atoms with Crippen LogP contribution < -0.4 is 11.1 Å². The quantitative estimate of drug-likeness (QED) is 0.573. The molecule has 4 heteroatoms. The summed E-state index contributed by atoms with van der Waals surface area (Å²) >= 11 is 0. The second-order valence-electron chi connectivity index (χ2n) is 5.91. The van der Waals surface area contributed by atoms with E-state index in [2.05, 4.69) is 36.0 Å². The Labute approximate surface area is 118 Å². The molecule has 1 heterocycles. The lowest BCUT2D eigenvalue weighted by atomic mass is 10.0. The van der Waals surface area contributed by atoms with Gasteiger partial charge in [-0.3, -0.25) is 9.89 Å². The molecule has 19 heavy (non-hydrogen) atoms. The standard InChI is InChI=1S/C15H32N4/c1-4-9-17-15(16)18-12-14(13(2)3)19-10-7-5-6-8-11-19/h13-14H,4-12H2,1-3H3,(H3,16,17,18). The van der Waals surface area contributed by atoms with Crippen molar-refractivity contribution in [2.45, 2.75) is 58.9 Å². The second kappa shape index (κ2) is 9.18. The Balaban J connectivity index is 2.51. The van der Waals surface area contributed by atoms with Crippen molar-refractivity contribution >= 4 is 5.96 Å². The first-order valence-corrected chi connectivity index (χ1v) is 7.93. The van der Waals surface area contributed by atoms with Gasteiger partial charge in [0.2, 0.25) is 0 Å². The van der Waals surface area contributed by atoms with Crippen molar-refractivity contribution in [3.8, 4) is 0 Å². The maximum atomic E-state index is 5.89. The highest BCUT2D eigenvalue weighted by atomic mass is 15.2. The Morgan fingerprint density at radius 3 is 2.37 bits per heavy atom. The molecule has 0 aromatic heterocycles. The molecule has 1 aliphatic rings. The first kappa shape index (κ1) is 16.3. The average Bonchev–Trinajstić information content (AvgIpc) is 2.65. The zero-order valence-corrected chi connectivity index (χ0v) is 13.0. The van der Waals surface area contributed by atoms with E-state index >= 15 is 0 Å². The fourth-order valence-corrected chi connectivity index (χ4v) is 2.68. The maximum Gasteiger partial charge on any atom is 0.188 e. The predicted molar refractivity (Wildman–Crippen MR) is 83.5 cm³/mol. The van der Waals surface area contributed by atoms with Gasteiger partial charge in [0.05, 0.1) is 6.54 Å². The minimum atomic E-state index is 0.528. The van der Waals surface area contributed by atoms with Gasteiger partial charge < -0.3 is 11.1 Å². The normalized spacial score (nSPS) is 20.3. The van der Waals surface area contributed by atoms with Gasteiger partial charge in [-0.2, -0.15) is 0 Å². The third-order valence-electron chi connectivity index (χ3n) is 3.88. The van der Waals surface area contributed by atoms with Crippen molar-refractivity contribution in [1.29, 1.82) is 0 Å². The predicted octanol–water partition coefficient (Wildman–Crippen LogP) is 2.20. The molecular weight excluding hydrogens is 236 g/mol. The van der Waals surface area contributed by atoms with E-state index in [-0.39, 0.29) is 0 Å². The SMILES string of the molecule is CCCNC(N)=NCC(C(C)C)N1CCCCCC1. The number of guanidine groups is 1. The molecule has 112 valence electrons. The van der Waals surface area contributed by atoms with Crippen molar-refractivity contribution < 1.29 is 0 Å². The van der Waals surface area contributed by atoms with Crippen LogP contribution in [0.4, 0.5) is 0 Å². The van der Waals surface area contributed by atoms with Crippen molar-refractivity contribution in [2.24, 2.45) is 16.6 Å². The highest BCUT2D eigenvalue weighted by molar-refractivity contribution is 5.77. The fourth-order valence-electron chi connectivity index (χ4n) is 2.68. The zero-order valence-electron chi connectivity index (χ0n) is 13.0. The highest BCUT2D eigenvalue weighted by Gasteiger charge is 2.22. The van der Waals surface area contributed by atoms with Crippen LogP contribution in [0.1, 0.15) is 52.9 Å². The number of nitrogens with two attached hydrogens (primary N) is 1. The lowest BCUT2D eigenvalue weighted by Crippen LogP contribution is -2.43. The molecule has 0 aromatic carbocycles. The first-order valence-electron chi connectivity index (χ1n) is 7.93. The minimum Gasteiger partial charge on any atom is -0.370 e. The number of nitrogens with one attached hydrogen (secondary N) is 1. The average molecular weight is 268 g/mol. The summed E-state index contributed by atoms with van der Waals surface area (Å²) in [5, 5.41) is 3.15. The van der Waals surface area contributed by atoms with E-state index in [4.69, 9.17) is 5.73 Å². The van der Waals surface area contributed by atoms with Gasteiger partial charge in [-0.05, 0) is 38.3 Å². The molecule has 4 nitrogen and oxygen atoms in total. The van der Waals surface area contributed by atoms with Crippen molar-refractivity contribution in [3.05, 3.63) is 0 Å². The van der Waals surface area contributed by atoms with Gasteiger partial charge in [0.25, 0.3) is 0 Å². The molecule has 0 bridgehead atoms. The maximum absolute atomic E-state index is 5.89. The van der Waals surface area contributed by atoms with Crippen LogP contribution >= 0.6 is 0 Å². The number of likely N-dealkylation sites (tertiary alicyclic amines) is 1. The van der Waals surface area contributed by atoms with E-state index in [1.807, 2.05) is 0 Å². The monoisotopic (exact) mass is 268 g/mol. The van der Waals surface area contributed by atoms with E-state index in [1.54, 1.807) is 0 Å². The molecule has 1 atom stereocenters. The van der Waals surface area contributed by atoms with Gasteiger partial charge in [0.1, 0.15) is 0 Å². The summed E-state index contributed by atoms with van der Waals surface area (Å²) in [7, 11) is 0. The lowest BCUT2D eigenvalue weighted by Gasteiger charge is -2.32. The summed E-state index contributed by atoms with van der Waals surface area (Å²) in [6.45, 7) is 10.9. The van der Waals surface area contributed by atoms with Crippen molar-refractivity contribution in [3.63, 3.8) is 0 Å². The van der Waals surface area contributed by atoms with Crippen LogP contribution in [0.5, 0.6) is 0 Å². The Bertz CT molecular complexity index is 255. The number of aliphatic imine (C=N–C) groups is 1. The van der Waals surface area contributed by atoms with Crippen LogP contribution in [0.25, 0.3) is 0 Å². The molecule has 0 amide bonds. The van der Waals surface area contributed by atoms with Gasteiger partial charge in [0, 0.05) is 12.6 Å². The summed E-state index contributed by atoms with van der Waals surface area (Å²) in [5.41, 5.74) is 5.89. The summed E-state index contributed by atoms with van der Waals surface area (Å²) in [4.78, 5) is 7.15. The second-order valence-corrected chi connectivity index (χ2v) is 5.91. The van der Waals surface area contributed by atoms with Gasteiger partial charge in [-0.25, -0.2) is 0 Å². The van der Waals surface area contributed by atoms with Gasteiger partial charge in [0.15, 0.2) is 5.96 Å². The Hall–Kier alpha value is -0.770. The fraction of sp³-hybridized carbons (Fsp3) is 0.933. The molecule has 0 aliphatic carbocycles. The summed E-state index contributed by atoms with van der Waals surface area (Å²) in [6.07, 6.45) is 6.50. The molecule has 0 saturated carbocycles. The molecule has 1 aliphatic heterocycles. The van der Waals surface area contributed by atoms with E-state index in [0.717, 1.165) is 19.5 Å². The van der Waals surface area contributed by atoms with Crippen LogP contribution in [0.15, 0.2) is 4.99 Å². The number of hydrogen-bond acceptors (Lipinski definition) is 2. The molecule has 0 spiro atoms. The topological polar surface area (TPSA) is 53.6 Å². The molecule has 1 unspecified atom stereocenters. The molecular formula is C15H32N4. The van der Waals surface area contributed by atoms with Gasteiger partial charge >= 0.3 is 0 Å². The van der Waals surface area contributed by atoms with Crippen LogP contribution in [-0.2, 0) is 0 Å². The smallest absolute Gasteiger partial charge is 0.188 e. The van der Waals surface area contributed by atoms with Crippen molar-refractivity contribution in [2.75, 3.05) is 26.2 Å². The van der Waals surface area contributed by atoms with Crippen LogP contribution in [-0.4, -0.2) is 43.1 Å². The van der Waals surface area contributed by atoms with E-state index in [0.29, 0.717) is 17.9 Å². The minimum absolute atomic E-state index is 0.528. The Kier molecular flexibility index (Phi) is 7.87. The zero-order chi connectivity index (χ0) is 14.1. The molecule has 3 N–H and O–H groups in total. The largest absolute Gasteiger partial charge is 0.370 e. The van der Waals surface area contributed by atoms with Crippen LogP contribution in [0.3, 0.4) is 0 Å². The number of rotatable bonds is 6. The van der Waals surface area contributed by atoms with Crippen LogP contribution in [0.2, 0.25) is 0 Å². The summed E-state index contributed by atoms with van der Waals surface area (Å²) in [5.74, 6) is 1.23. The van der Waals surface area contributed by atoms with Gasteiger partial charge in [-0.15, -0.1) is 0 Å². The summed E-state index contributed by atoms with van der Waals surface area (Å²) in [6, 6.07) is 0.528. The van der Waals surface area contributed by atoms with E-state index < -0.39 is 0 Å².